The van der Waals surface area contributed by atoms with Crippen molar-refractivity contribution in [3.63, 3.8) is 0 Å². The van der Waals surface area contributed by atoms with Crippen LogP contribution in [0.5, 0.6) is 0 Å². The number of rotatable bonds is 5. The summed E-state index contributed by atoms with van der Waals surface area (Å²) >= 11 is 0. The average molecular weight is 313 g/mol. The Balaban J connectivity index is 2.29. The van der Waals surface area contributed by atoms with E-state index in [1.807, 2.05) is 6.07 Å². The Morgan fingerprint density at radius 2 is 1.61 bits per heavy atom. The number of carboxylic acid groups (broad SMARTS) is 2. The van der Waals surface area contributed by atoms with E-state index in [0.717, 1.165) is 0 Å². The largest absolute Gasteiger partial charge is 0.478 e. The van der Waals surface area contributed by atoms with E-state index in [4.69, 9.17) is 5.11 Å². The summed E-state index contributed by atoms with van der Waals surface area (Å²) in [5.41, 5.74) is 0.777. The molecule has 0 spiro atoms. The highest BCUT2D eigenvalue weighted by molar-refractivity contribution is 6.00. The van der Waals surface area contributed by atoms with Crippen LogP contribution in [0.1, 0.15) is 31.8 Å². The molecule has 0 aromatic heterocycles. The van der Waals surface area contributed by atoms with Gasteiger partial charge in [-0.05, 0) is 36.2 Å². The van der Waals surface area contributed by atoms with Crippen LogP contribution in [0.2, 0.25) is 0 Å². The summed E-state index contributed by atoms with van der Waals surface area (Å²) in [7, 11) is 0. The maximum absolute atomic E-state index is 12.1. The number of carbonyl (C=O) groups excluding carboxylic acids is 1. The van der Waals surface area contributed by atoms with Crippen LogP contribution in [-0.4, -0.2) is 28.1 Å². The van der Waals surface area contributed by atoms with Gasteiger partial charge in [0.25, 0.3) is 0 Å². The van der Waals surface area contributed by atoms with Crippen LogP contribution in [0.15, 0.2) is 42.5 Å². The lowest BCUT2D eigenvalue weighted by molar-refractivity contribution is -0.115. The number of carbonyl (C=O) groups is 3. The molecule has 0 radical (unpaired) electrons. The SMILES string of the molecule is Cc1c(C(=O)O)ccc(CC(=O)Nc2ccccc2)c1C(=O)O. The summed E-state index contributed by atoms with van der Waals surface area (Å²) in [4.78, 5) is 34.6. The van der Waals surface area contributed by atoms with Gasteiger partial charge in [0.05, 0.1) is 17.5 Å². The maximum atomic E-state index is 12.1. The summed E-state index contributed by atoms with van der Waals surface area (Å²) in [5.74, 6) is -2.83. The van der Waals surface area contributed by atoms with Gasteiger partial charge in [-0.1, -0.05) is 24.3 Å². The van der Waals surface area contributed by atoms with E-state index in [1.165, 1.54) is 19.1 Å². The van der Waals surface area contributed by atoms with Crippen molar-refractivity contribution >= 4 is 23.5 Å². The minimum absolute atomic E-state index is 0.0883. The quantitative estimate of drug-likeness (QED) is 0.787. The van der Waals surface area contributed by atoms with E-state index >= 15 is 0 Å². The van der Waals surface area contributed by atoms with Gasteiger partial charge in [-0.3, -0.25) is 4.79 Å². The molecule has 118 valence electrons. The monoisotopic (exact) mass is 313 g/mol. The predicted molar refractivity (Wildman–Crippen MR) is 83.9 cm³/mol. The second kappa shape index (κ2) is 6.74. The number of nitrogens with one attached hydrogen (secondary N) is 1. The third-order valence-corrected chi connectivity index (χ3v) is 3.40. The first-order chi connectivity index (χ1) is 10.9. The number of amides is 1. The topological polar surface area (TPSA) is 104 Å². The van der Waals surface area contributed by atoms with Gasteiger partial charge < -0.3 is 15.5 Å². The van der Waals surface area contributed by atoms with Crippen LogP contribution in [0.3, 0.4) is 0 Å². The lowest BCUT2D eigenvalue weighted by Crippen LogP contribution is -2.18. The summed E-state index contributed by atoms with van der Waals surface area (Å²) in [5, 5.41) is 21.1. The summed E-state index contributed by atoms with van der Waals surface area (Å²) < 4.78 is 0. The molecule has 23 heavy (non-hydrogen) atoms. The van der Waals surface area contributed by atoms with Gasteiger partial charge in [0, 0.05) is 5.69 Å². The molecule has 0 fully saturated rings. The van der Waals surface area contributed by atoms with Gasteiger partial charge in [0.15, 0.2) is 0 Å². The van der Waals surface area contributed by atoms with Crippen LogP contribution < -0.4 is 5.32 Å². The fraction of sp³-hybridized carbons (Fsp3) is 0.118. The normalized spacial score (nSPS) is 10.1. The number of anilines is 1. The second-order valence-electron chi connectivity index (χ2n) is 4.97. The van der Waals surface area contributed by atoms with E-state index in [0.29, 0.717) is 5.69 Å². The summed E-state index contributed by atoms with van der Waals surface area (Å²) in [6.07, 6.45) is -0.155. The van der Waals surface area contributed by atoms with E-state index in [1.54, 1.807) is 24.3 Å². The first kappa shape index (κ1) is 16.2. The second-order valence-corrected chi connectivity index (χ2v) is 4.97. The zero-order valence-corrected chi connectivity index (χ0v) is 12.4. The molecule has 2 aromatic carbocycles. The Bertz CT molecular complexity index is 768. The van der Waals surface area contributed by atoms with Gasteiger partial charge >= 0.3 is 11.9 Å². The smallest absolute Gasteiger partial charge is 0.336 e. The van der Waals surface area contributed by atoms with Gasteiger partial charge in [0.1, 0.15) is 0 Å². The molecule has 0 aliphatic carbocycles. The van der Waals surface area contributed by atoms with Gasteiger partial charge in [-0.15, -0.1) is 0 Å². The molecule has 2 rings (SSSR count). The predicted octanol–water partition coefficient (Wildman–Crippen LogP) is 2.57. The van der Waals surface area contributed by atoms with Crippen molar-refractivity contribution in [2.75, 3.05) is 5.32 Å². The van der Waals surface area contributed by atoms with Crippen LogP contribution in [0, 0.1) is 6.92 Å². The van der Waals surface area contributed by atoms with Crippen molar-refractivity contribution in [2.45, 2.75) is 13.3 Å². The van der Waals surface area contributed by atoms with Crippen LogP contribution in [-0.2, 0) is 11.2 Å². The van der Waals surface area contributed by atoms with Crippen molar-refractivity contribution in [3.8, 4) is 0 Å². The minimum atomic E-state index is -1.26. The molecular formula is C17H15NO5. The molecule has 0 saturated carbocycles. The van der Waals surface area contributed by atoms with Crippen LogP contribution >= 0.6 is 0 Å². The third kappa shape index (κ3) is 3.74. The number of aromatic carboxylic acids is 2. The number of hydrogen-bond acceptors (Lipinski definition) is 3. The molecule has 1 amide bonds. The molecule has 6 nitrogen and oxygen atoms in total. The number of carboxylic acids is 2. The van der Waals surface area contributed by atoms with Crippen molar-refractivity contribution in [1.82, 2.24) is 0 Å². The van der Waals surface area contributed by atoms with Crippen molar-refractivity contribution in [2.24, 2.45) is 0 Å². The summed E-state index contributed by atoms with van der Waals surface area (Å²) in [6, 6.07) is 11.5. The van der Waals surface area contributed by atoms with E-state index < -0.39 is 11.9 Å². The Morgan fingerprint density at radius 1 is 0.957 bits per heavy atom. The Hall–Kier alpha value is -3.15. The fourth-order valence-corrected chi connectivity index (χ4v) is 2.34. The molecule has 3 N–H and O–H groups in total. The summed E-state index contributed by atoms with van der Waals surface area (Å²) in [6.45, 7) is 1.42. The highest BCUT2D eigenvalue weighted by Crippen LogP contribution is 2.20. The van der Waals surface area contributed by atoms with Crippen molar-refractivity contribution in [1.29, 1.82) is 0 Å². The molecule has 0 heterocycles. The zero-order valence-electron chi connectivity index (χ0n) is 12.4. The fourth-order valence-electron chi connectivity index (χ4n) is 2.34. The molecule has 0 saturated heterocycles. The number of para-hydroxylation sites is 1. The molecule has 0 bridgehead atoms. The van der Waals surface area contributed by atoms with E-state index in [2.05, 4.69) is 5.32 Å². The Kier molecular flexibility index (Phi) is 4.75. The van der Waals surface area contributed by atoms with Crippen molar-refractivity contribution in [3.05, 3.63) is 64.7 Å². The molecule has 6 heteroatoms. The average Bonchev–Trinajstić information content (AvgIpc) is 2.47. The first-order valence-electron chi connectivity index (χ1n) is 6.84. The third-order valence-electron chi connectivity index (χ3n) is 3.40. The van der Waals surface area contributed by atoms with Crippen molar-refractivity contribution < 1.29 is 24.6 Å². The van der Waals surface area contributed by atoms with E-state index in [-0.39, 0.29) is 34.6 Å². The Morgan fingerprint density at radius 3 is 2.17 bits per heavy atom. The molecule has 2 aromatic rings. The van der Waals surface area contributed by atoms with Gasteiger partial charge in [-0.25, -0.2) is 9.59 Å². The molecular weight excluding hydrogens is 298 g/mol. The highest BCUT2D eigenvalue weighted by Gasteiger charge is 2.20. The maximum Gasteiger partial charge on any atom is 0.336 e. The number of hydrogen-bond donors (Lipinski definition) is 3. The van der Waals surface area contributed by atoms with Gasteiger partial charge in [0.2, 0.25) is 5.91 Å². The van der Waals surface area contributed by atoms with Gasteiger partial charge in [-0.2, -0.15) is 0 Å². The van der Waals surface area contributed by atoms with Crippen LogP contribution in [0.25, 0.3) is 0 Å². The van der Waals surface area contributed by atoms with E-state index in [9.17, 15) is 19.5 Å². The molecule has 0 atom stereocenters. The lowest BCUT2D eigenvalue weighted by Gasteiger charge is -2.12. The van der Waals surface area contributed by atoms with Crippen LogP contribution in [0.4, 0.5) is 5.69 Å². The minimum Gasteiger partial charge on any atom is -0.478 e. The molecule has 0 aliphatic heterocycles. The lowest BCUT2D eigenvalue weighted by atomic mass is 9.95. The standard InChI is InChI=1S/C17H15NO5/c1-10-13(16(20)21)8-7-11(15(10)17(22)23)9-14(19)18-12-5-3-2-4-6-12/h2-8H,9H2,1H3,(H,18,19)(H,20,21)(H,22,23). The molecule has 0 aliphatic rings. The highest BCUT2D eigenvalue weighted by atomic mass is 16.4. The first-order valence-corrected chi connectivity index (χ1v) is 6.84. The zero-order chi connectivity index (χ0) is 17.0. The number of benzene rings is 2. The molecule has 0 unspecified atom stereocenters. The Labute approximate surface area is 132 Å².